The van der Waals surface area contributed by atoms with Crippen LogP contribution in [0.5, 0.6) is 0 Å². The van der Waals surface area contributed by atoms with Crippen LogP contribution in [0, 0.1) is 0 Å². The molecule has 1 N–H and O–H groups in total. The number of hydrogen-bond donors (Lipinski definition) is 1. The molecule has 0 spiro atoms. The van der Waals surface area contributed by atoms with Gasteiger partial charge in [0.05, 0.1) is 0 Å². The smallest absolute Gasteiger partial charge is 0.410 e. The first kappa shape index (κ1) is 11.8. The first-order valence-corrected chi connectivity index (χ1v) is 5.30. The molecule has 15 heavy (non-hydrogen) atoms. The fraction of sp³-hybridized carbons (Fsp3) is 0.800. The molecule has 0 saturated carbocycles. The van der Waals surface area contributed by atoms with Crippen molar-refractivity contribution in [2.75, 3.05) is 13.1 Å². The fourth-order valence-corrected chi connectivity index (χ4v) is 1.63. The summed E-state index contributed by atoms with van der Waals surface area (Å²) in [5.41, 5.74) is 0. The Morgan fingerprint density at radius 3 is 2.93 bits per heavy atom. The van der Waals surface area contributed by atoms with Crippen molar-refractivity contribution >= 4 is 12.1 Å². The summed E-state index contributed by atoms with van der Waals surface area (Å²) in [6.45, 7) is 3.39. The molecule has 86 valence electrons. The summed E-state index contributed by atoms with van der Waals surface area (Å²) in [6.07, 6.45) is 1.60. The van der Waals surface area contributed by atoms with Gasteiger partial charge in [-0.15, -0.1) is 0 Å². The lowest BCUT2D eigenvalue weighted by Gasteiger charge is -2.31. The average molecular weight is 215 g/mol. The van der Waals surface area contributed by atoms with Crippen molar-refractivity contribution in [3.05, 3.63) is 0 Å². The molecule has 1 aliphatic rings. The number of carbonyl (C=O) groups is 2. The summed E-state index contributed by atoms with van der Waals surface area (Å²) in [7, 11) is 0. The molecule has 1 amide bonds. The number of carbonyl (C=O) groups excluding carboxylic acids is 1. The van der Waals surface area contributed by atoms with Gasteiger partial charge in [-0.05, 0) is 12.8 Å². The maximum absolute atomic E-state index is 11.4. The standard InChI is InChI=1S/C10H17NO4/c1-2-6-11-7-5-8(15-10(11)14)3-4-9(12)13/h8H,2-7H2,1H3,(H,12,13). The minimum atomic E-state index is -0.845. The van der Waals surface area contributed by atoms with E-state index in [0.29, 0.717) is 19.5 Å². The summed E-state index contributed by atoms with van der Waals surface area (Å²) in [5, 5.41) is 8.50. The Kier molecular flexibility index (Phi) is 4.39. The Labute approximate surface area is 89.0 Å². The van der Waals surface area contributed by atoms with Crippen LogP contribution in [0.1, 0.15) is 32.6 Å². The predicted molar refractivity (Wildman–Crippen MR) is 53.6 cm³/mol. The zero-order chi connectivity index (χ0) is 11.3. The molecule has 1 aliphatic heterocycles. The number of carboxylic acid groups (broad SMARTS) is 1. The van der Waals surface area contributed by atoms with Crippen LogP contribution in [0.2, 0.25) is 0 Å². The number of rotatable bonds is 5. The van der Waals surface area contributed by atoms with E-state index in [4.69, 9.17) is 9.84 Å². The molecule has 0 radical (unpaired) electrons. The van der Waals surface area contributed by atoms with E-state index in [9.17, 15) is 9.59 Å². The zero-order valence-corrected chi connectivity index (χ0v) is 8.94. The van der Waals surface area contributed by atoms with Crippen molar-refractivity contribution < 1.29 is 19.4 Å². The van der Waals surface area contributed by atoms with Crippen LogP contribution >= 0.6 is 0 Å². The monoisotopic (exact) mass is 215 g/mol. The van der Waals surface area contributed by atoms with Gasteiger partial charge in [0.15, 0.2) is 0 Å². The Morgan fingerprint density at radius 1 is 1.67 bits per heavy atom. The van der Waals surface area contributed by atoms with Crippen LogP contribution in [-0.2, 0) is 9.53 Å². The van der Waals surface area contributed by atoms with E-state index in [1.807, 2.05) is 6.92 Å². The largest absolute Gasteiger partial charge is 0.481 e. The van der Waals surface area contributed by atoms with E-state index in [2.05, 4.69) is 0 Å². The number of amides is 1. The Bertz CT molecular complexity index is 242. The molecule has 1 unspecified atom stereocenters. The van der Waals surface area contributed by atoms with E-state index >= 15 is 0 Å². The van der Waals surface area contributed by atoms with Gasteiger partial charge < -0.3 is 14.7 Å². The number of hydrogen-bond acceptors (Lipinski definition) is 3. The summed E-state index contributed by atoms with van der Waals surface area (Å²) in [5.74, 6) is -0.845. The van der Waals surface area contributed by atoms with Gasteiger partial charge >= 0.3 is 12.1 Å². The number of cyclic esters (lactones) is 1. The maximum atomic E-state index is 11.4. The van der Waals surface area contributed by atoms with Crippen molar-refractivity contribution in [3.63, 3.8) is 0 Å². The summed E-state index contributed by atoms with van der Waals surface area (Å²) in [4.78, 5) is 23.4. The second-order valence-corrected chi connectivity index (χ2v) is 3.71. The van der Waals surface area contributed by atoms with Gasteiger partial charge in [-0.25, -0.2) is 4.79 Å². The van der Waals surface area contributed by atoms with Crippen LogP contribution in [0.4, 0.5) is 4.79 Å². The Balaban J connectivity index is 2.30. The van der Waals surface area contributed by atoms with Gasteiger partial charge in [-0.2, -0.15) is 0 Å². The molecular formula is C10H17NO4. The van der Waals surface area contributed by atoms with Crippen molar-refractivity contribution in [2.24, 2.45) is 0 Å². The summed E-state index contributed by atoms with van der Waals surface area (Å²) < 4.78 is 5.13. The maximum Gasteiger partial charge on any atom is 0.410 e. The number of ether oxygens (including phenoxy) is 1. The second-order valence-electron chi connectivity index (χ2n) is 3.71. The van der Waals surface area contributed by atoms with E-state index in [1.165, 1.54) is 0 Å². The van der Waals surface area contributed by atoms with Gasteiger partial charge in [0.2, 0.25) is 0 Å². The van der Waals surface area contributed by atoms with Crippen molar-refractivity contribution in [1.82, 2.24) is 4.90 Å². The van der Waals surface area contributed by atoms with Crippen LogP contribution < -0.4 is 0 Å². The third-order valence-corrected chi connectivity index (χ3v) is 2.42. The molecule has 1 fully saturated rings. The minimum Gasteiger partial charge on any atom is -0.481 e. The van der Waals surface area contributed by atoms with E-state index in [-0.39, 0.29) is 18.6 Å². The lowest BCUT2D eigenvalue weighted by Crippen LogP contribution is -2.42. The van der Waals surface area contributed by atoms with E-state index in [1.54, 1.807) is 4.90 Å². The second kappa shape index (κ2) is 5.58. The van der Waals surface area contributed by atoms with Gasteiger partial charge in [0, 0.05) is 25.9 Å². The van der Waals surface area contributed by atoms with E-state index in [0.717, 1.165) is 12.8 Å². The van der Waals surface area contributed by atoms with Crippen molar-refractivity contribution in [2.45, 2.75) is 38.7 Å². The predicted octanol–water partition coefficient (Wildman–Crippen LogP) is 1.47. The van der Waals surface area contributed by atoms with Crippen LogP contribution in [-0.4, -0.2) is 41.3 Å². The molecule has 0 aromatic heterocycles. The highest BCUT2D eigenvalue weighted by atomic mass is 16.6. The SMILES string of the molecule is CCCN1CCC(CCC(=O)O)OC1=O. The molecule has 1 saturated heterocycles. The van der Waals surface area contributed by atoms with Gasteiger partial charge in [-0.1, -0.05) is 6.92 Å². The highest BCUT2D eigenvalue weighted by molar-refractivity contribution is 5.69. The molecule has 1 heterocycles. The highest BCUT2D eigenvalue weighted by Crippen LogP contribution is 2.16. The average Bonchev–Trinajstić information content (AvgIpc) is 2.19. The van der Waals surface area contributed by atoms with Gasteiger partial charge in [0.25, 0.3) is 0 Å². The zero-order valence-electron chi connectivity index (χ0n) is 8.94. The Morgan fingerprint density at radius 2 is 2.40 bits per heavy atom. The molecule has 5 nitrogen and oxygen atoms in total. The number of aliphatic carboxylic acids is 1. The number of nitrogens with zero attached hydrogens (tertiary/aromatic N) is 1. The molecular weight excluding hydrogens is 198 g/mol. The third-order valence-electron chi connectivity index (χ3n) is 2.42. The molecule has 1 atom stereocenters. The lowest BCUT2D eigenvalue weighted by atomic mass is 10.1. The van der Waals surface area contributed by atoms with Crippen molar-refractivity contribution in [3.8, 4) is 0 Å². The molecule has 5 heteroatoms. The molecule has 1 rings (SSSR count). The lowest BCUT2D eigenvalue weighted by molar-refractivity contribution is -0.137. The summed E-state index contributed by atoms with van der Waals surface area (Å²) in [6, 6.07) is 0. The summed E-state index contributed by atoms with van der Waals surface area (Å²) >= 11 is 0. The minimum absolute atomic E-state index is 0.0612. The highest BCUT2D eigenvalue weighted by Gasteiger charge is 2.26. The number of carboxylic acids is 1. The topological polar surface area (TPSA) is 66.8 Å². The molecule has 0 aromatic rings. The quantitative estimate of drug-likeness (QED) is 0.754. The Hall–Kier alpha value is -1.26. The van der Waals surface area contributed by atoms with Gasteiger partial charge in [0.1, 0.15) is 6.10 Å². The van der Waals surface area contributed by atoms with Crippen LogP contribution in [0.3, 0.4) is 0 Å². The normalized spacial score (nSPS) is 21.3. The van der Waals surface area contributed by atoms with E-state index < -0.39 is 5.97 Å². The first-order chi connectivity index (χ1) is 7.13. The van der Waals surface area contributed by atoms with Crippen molar-refractivity contribution in [1.29, 1.82) is 0 Å². The fourth-order valence-electron chi connectivity index (χ4n) is 1.63. The van der Waals surface area contributed by atoms with Crippen LogP contribution in [0.15, 0.2) is 0 Å². The molecule has 0 bridgehead atoms. The first-order valence-electron chi connectivity index (χ1n) is 5.30. The third kappa shape index (κ3) is 3.77. The molecule has 0 aliphatic carbocycles. The van der Waals surface area contributed by atoms with Gasteiger partial charge in [-0.3, -0.25) is 4.79 Å². The van der Waals surface area contributed by atoms with Crippen LogP contribution in [0.25, 0.3) is 0 Å². The molecule has 0 aromatic carbocycles.